The van der Waals surface area contributed by atoms with Crippen molar-refractivity contribution in [1.82, 2.24) is 0 Å². The molecule has 0 amide bonds. The topological polar surface area (TPSA) is 27.4 Å². The highest BCUT2D eigenvalue weighted by atomic mass is 35.5. The zero-order chi connectivity index (χ0) is 14.3. The molecule has 1 unspecified atom stereocenters. The maximum absolute atomic E-state index is 11.3. The van der Waals surface area contributed by atoms with Crippen LogP contribution in [0.15, 0.2) is 48.7 Å². The van der Waals surface area contributed by atoms with Gasteiger partial charge in [-0.25, -0.2) is 9.47 Å². The summed E-state index contributed by atoms with van der Waals surface area (Å²) in [6.45, 7) is 6.85. The van der Waals surface area contributed by atoms with Gasteiger partial charge in [-0.3, -0.25) is 0 Å². The number of rotatable bonds is 2. The molecule has 1 aliphatic heterocycles. The lowest BCUT2D eigenvalue weighted by atomic mass is 9.99. The molecule has 2 aromatic rings. The average molecular weight is 305 g/mol. The van der Waals surface area contributed by atoms with Crippen LogP contribution in [0.3, 0.4) is 0 Å². The summed E-state index contributed by atoms with van der Waals surface area (Å²) in [6, 6.07) is 14.5. The first-order valence-electron chi connectivity index (χ1n) is 7.10. The van der Waals surface area contributed by atoms with E-state index in [4.69, 9.17) is 0 Å². The second-order valence-corrected chi connectivity index (χ2v) is 5.83. The van der Waals surface area contributed by atoms with Gasteiger partial charge >= 0.3 is 0 Å². The molecule has 1 aromatic heterocycles. The van der Waals surface area contributed by atoms with Gasteiger partial charge in [0, 0.05) is 11.6 Å². The van der Waals surface area contributed by atoms with Crippen molar-refractivity contribution in [3.63, 3.8) is 0 Å². The standard InChI is InChI=1S/C17H21N2O.ClH/c1-13(2)19-16-6-4-5-11-18(16)12-17(19,20)15-9-7-14(3)8-10-15;/h4-11,13,20H,12H2,1-3H3;1H/q+1;/p-1. The normalized spacial score (nSPS) is 20.3. The molecule has 0 saturated carbocycles. The van der Waals surface area contributed by atoms with Crippen molar-refractivity contribution in [3.05, 3.63) is 59.8 Å². The molecule has 112 valence electrons. The van der Waals surface area contributed by atoms with Crippen LogP contribution in [0.1, 0.15) is 25.0 Å². The van der Waals surface area contributed by atoms with Gasteiger partial charge in [0.2, 0.25) is 0 Å². The van der Waals surface area contributed by atoms with E-state index in [-0.39, 0.29) is 18.4 Å². The van der Waals surface area contributed by atoms with Crippen LogP contribution in [0, 0.1) is 6.92 Å². The fourth-order valence-electron chi connectivity index (χ4n) is 3.07. The van der Waals surface area contributed by atoms with Crippen LogP contribution in [-0.2, 0) is 12.3 Å². The molecule has 21 heavy (non-hydrogen) atoms. The van der Waals surface area contributed by atoms with Crippen molar-refractivity contribution in [3.8, 4) is 0 Å². The number of benzene rings is 1. The molecule has 0 saturated heterocycles. The fraction of sp³-hybridized carbons (Fsp3) is 0.353. The molecular formula is C17H21ClN2O. The van der Waals surface area contributed by atoms with Gasteiger partial charge in [-0.05, 0) is 26.8 Å². The Morgan fingerprint density at radius 3 is 2.43 bits per heavy atom. The molecule has 1 aliphatic rings. The van der Waals surface area contributed by atoms with E-state index in [2.05, 4.69) is 48.4 Å². The van der Waals surface area contributed by atoms with E-state index in [1.54, 1.807) is 0 Å². The van der Waals surface area contributed by atoms with Gasteiger partial charge < -0.3 is 17.5 Å². The molecule has 1 N–H and O–H groups in total. The smallest absolute Gasteiger partial charge is 0.279 e. The van der Waals surface area contributed by atoms with E-state index in [1.165, 1.54) is 5.56 Å². The van der Waals surface area contributed by atoms with Crippen LogP contribution < -0.4 is 21.9 Å². The number of aliphatic hydroxyl groups is 1. The summed E-state index contributed by atoms with van der Waals surface area (Å²) in [5.74, 6) is 1.06. The minimum Gasteiger partial charge on any atom is -1.00 e. The molecule has 0 spiro atoms. The van der Waals surface area contributed by atoms with E-state index >= 15 is 0 Å². The highest BCUT2D eigenvalue weighted by molar-refractivity contribution is 5.44. The van der Waals surface area contributed by atoms with Crippen LogP contribution >= 0.6 is 0 Å². The first-order valence-corrected chi connectivity index (χ1v) is 7.10. The number of aryl methyl sites for hydroxylation is 1. The quantitative estimate of drug-likeness (QED) is 0.748. The first-order chi connectivity index (χ1) is 9.52. The monoisotopic (exact) mass is 304 g/mol. The minimum absolute atomic E-state index is 0. The van der Waals surface area contributed by atoms with Gasteiger partial charge in [-0.2, -0.15) is 0 Å². The number of pyridine rings is 1. The molecule has 2 heterocycles. The van der Waals surface area contributed by atoms with Crippen LogP contribution in [0.25, 0.3) is 0 Å². The third kappa shape index (κ3) is 2.52. The Morgan fingerprint density at radius 2 is 1.81 bits per heavy atom. The SMILES string of the molecule is Cc1ccc(C2(O)C[n+]3ccccc3N2C(C)C)cc1.[Cl-]. The van der Waals surface area contributed by atoms with Crippen molar-refractivity contribution in [2.75, 3.05) is 4.90 Å². The third-order valence-corrected chi connectivity index (χ3v) is 3.98. The Balaban J connectivity index is 0.00000161. The number of hydrogen-bond donors (Lipinski definition) is 1. The van der Waals surface area contributed by atoms with E-state index in [9.17, 15) is 5.11 Å². The third-order valence-electron chi connectivity index (χ3n) is 3.98. The summed E-state index contributed by atoms with van der Waals surface area (Å²) in [5.41, 5.74) is 1.17. The number of fused-ring (bicyclic) bond motifs is 1. The molecule has 0 bridgehead atoms. The Morgan fingerprint density at radius 1 is 1.14 bits per heavy atom. The Hall–Kier alpha value is -1.58. The zero-order valence-corrected chi connectivity index (χ0v) is 13.4. The van der Waals surface area contributed by atoms with Crippen molar-refractivity contribution >= 4 is 5.82 Å². The number of hydrogen-bond acceptors (Lipinski definition) is 2. The fourth-order valence-corrected chi connectivity index (χ4v) is 3.07. The number of aromatic nitrogens is 1. The van der Waals surface area contributed by atoms with Gasteiger partial charge in [0.05, 0.1) is 12.2 Å². The largest absolute Gasteiger partial charge is 1.00 e. The Bertz CT molecular complexity index is 627. The summed E-state index contributed by atoms with van der Waals surface area (Å²) in [7, 11) is 0. The predicted molar refractivity (Wildman–Crippen MR) is 79.3 cm³/mol. The summed E-state index contributed by atoms with van der Waals surface area (Å²) in [4.78, 5) is 2.09. The Kier molecular flexibility index (Phi) is 4.26. The maximum atomic E-state index is 11.3. The minimum atomic E-state index is -0.976. The molecule has 3 rings (SSSR count). The molecule has 1 aromatic carbocycles. The summed E-state index contributed by atoms with van der Waals surface area (Å²) < 4.78 is 2.11. The molecular weight excluding hydrogens is 284 g/mol. The molecule has 3 nitrogen and oxygen atoms in total. The molecule has 1 atom stereocenters. The molecule has 0 aliphatic carbocycles. The van der Waals surface area contributed by atoms with Crippen molar-refractivity contribution in [2.24, 2.45) is 0 Å². The van der Waals surface area contributed by atoms with Gasteiger partial charge in [0.1, 0.15) is 0 Å². The number of anilines is 1. The second-order valence-electron chi connectivity index (χ2n) is 5.83. The van der Waals surface area contributed by atoms with Crippen LogP contribution in [-0.4, -0.2) is 11.1 Å². The lowest BCUT2D eigenvalue weighted by molar-refractivity contribution is -0.683. The van der Waals surface area contributed by atoms with Gasteiger partial charge in [0.15, 0.2) is 6.54 Å². The van der Waals surface area contributed by atoms with Crippen molar-refractivity contribution < 1.29 is 22.1 Å². The molecule has 4 heteroatoms. The van der Waals surface area contributed by atoms with Gasteiger partial charge in [0.25, 0.3) is 11.5 Å². The number of halogens is 1. The van der Waals surface area contributed by atoms with Crippen LogP contribution in [0.5, 0.6) is 0 Å². The number of nitrogens with zero attached hydrogens (tertiary/aromatic N) is 2. The van der Waals surface area contributed by atoms with E-state index in [0.717, 1.165) is 11.4 Å². The van der Waals surface area contributed by atoms with Crippen LogP contribution in [0.4, 0.5) is 5.82 Å². The Labute approximate surface area is 132 Å². The average Bonchev–Trinajstić information content (AvgIpc) is 2.72. The van der Waals surface area contributed by atoms with E-state index in [1.807, 2.05) is 30.5 Å². The van der Waals surface area contributed by atoms with E-state index in [0.29, 0.717) is 6.54 Å². The van der Waals surface area contributed by atoms with Crippen molar-refractivity contribution in [2.45, 2.75) is 39.1 Å². The van der Waals surface area contributed by atoms with Gasteiger partial charge in [-0.1, -0.05) is 35.9 Å². The summed E-state index contributed by atoms with van der Waals surface area (Å²) >= 11 is 0. The lowest BCUT2D eigenvalue weighted by Gasteiger charge is -2.30. The zero-order valence-electron chi connectivity index (χ0n) is 12.6. The van der Waals surface area contributed by atoms with Gasteiger partial charge in [-0.15, -0.1) is 0 Å². The maximum Gasteiger partial charge on any atom is 0.279 e. The van der Waals surface area contributed by atoms with Crippen molar-refractivity contribution in [1.29, 1.82) is 0 Å². The molecule has 0 radical (unpaired) electrons. The summed E-state index contributed by atoms with van der Waals surface area (Å²) in [5, 5.41) is 11.3. The highest BCUT2D eigenvalue weighted by Crippen LogP contribution is 2.36. The molecule has 0 fully saturated rings. The summed E-state index contributed by atoms with van der Waals surface area (Å²) in [6.07, 6.45) is 2.02. The van der Waals surface area contributed by atoms with E-state index < -0.39 is 5.72 Å². The predicted octanol–water partition coefficient (Wildman–Crippen LogP) is -0.640. The lowest BCUT2D eigenvalue weighted by Crippen LogP contribution is -3.00. The van der Waals surface area contributed by atoms with Crippen LogP contribution in [0.2, 0.25) is 0 Å². The highest BCUT2D eigenvalue weighted by Gasteiger charge is 2.52. The first kappa shape index (κ1) is 15.8. The second kappa shape index (κ2) is 5.66.